The van der Waals surface area contributed by atoms with Crippen LogP contribution in [-0.4, -0.2) is 40.0 Å². The first-order valence-electron chi connectivity index (χ1n) is 6.25. The Morgan fingerprint density at radius 3 is 2.44 bits per heavy atom. The highest BCUT2D eigenvalue weighted by Gasteiger charge is 2.15. The van der Waals surface area contributed by atoms with E-state index in [1.165, 1.54) is 18.2 Å². The summed E-state index contributed by atoms with van der Waals surface area (Å²) in [7, 11) is 0. The van der Waals surface area contributed by atoms with Crippen LogP contribution < -0.4 is 0 Å². The average Bonchev–Trinajstić information content (AvgIpc) is 2.31. The summed E-state index contributed by atoms with van der Waals surface area (Å²) in [5.74, 6) is -0.513. The molecule has 0 aliphatic rings. The molecule has 0 saturated heterocycles. The summed E-state index contributed by atoms with van der Waals surface area (Å²) in [6.45, 7) is 7.38. The van der Waals surface area contributed by atoms with Crippen LogP contribution in [0.4, 0.5) is 0 Å². The van der Waals surface area contributed by atoms with E-state index in [0.717, 1.165) is 13.0 Å². The van der Waals surface area contributed by atoms with Crippen LogP contribution in [0.1, 0.15) is 37.6 Å². The van der Waals surface area contributed by atoms with Crippen molar-refractivity contribution in [1.29, 1.82) is 0 Å². The molecular formula is C14H21NO3. The Morgan fingerprint density at radius 2 is 1.94 bits per heavy atom. The lowest BCUT2D eigenvalue weighted by atomic mass is 10.1. The van der Waals surface area contributed by atoms with Gasteiger partial charge in [0.25, 0.3) is 0 Å². The number of benzene rings is 1. The summed E-state index contributed by atoms with van der Waals surface area (Å²) in [6.07, 6.45) is 0.992. The minimum absolute atomic E-state index is 0.0487. The predicted octanol–water partition coefficient (Wildman–Crippen LogP) is 2.40. The highest BCUT2D eigenvalue weighted by molar-refractivity contribution is 5.98. The van der Waals surface area contributed by atoms with Crippen molar-refractivity contribution in [2.45, 2.75) is 33.2 Å². The van der Waals surface area contributed by atoms with Crippen LogP contribution >= 0.6 is 0 Å². The molecule has 1 aromatic rings. The SMILES string of the molecule is CCCN(CC(=O)c1ccc(O)c(O)c1)C(C)C. The van der Waals surface area contributed by atoms with Crippen LogP contribution in [0, 0.1) is 0 Å². The molecule has 4 nitrogen and oxygen atoms in total. The van der Waals surface area contributed by atoms with Gasteiger partial charge in [0.1, 0.15) is 0 Å². The van der Waals surface area contributed by atoms with Gasteiger partial charge in [-0.25, -0.2) is 0 Å². The first kappa shape index (κ1) is 14.5. The summed E-state index contributed by atoms with van der Waals surface area (Å²) in [6, 6.07) is 4.48. The Kier molecular flexibility index (Phi) is 5.16. The van der Waals surface area contributed by atoms with Crippen LogP contribution in [0.5, 0.6) is 11.5 Å². The third-order valence-electron chi connectivity index (χ3n) is 2.89. The highest BCUT2D eigenvalue weighted by atomic mass is 16.3. The van der Waals surface area contributed by atoms with Crippen LogP contribution in [0.2, 0.25) is 0 Å². The lowest BCUT2D eigenvalue weighted by molar-refractivity contribution is 0.0905. The Balaban J connectivity index is 2.77. The molecule has 1 aromatic carbocycles. The van der Waals surface area contributed by atoms with E-state index in [1.54, 1.807) is 0 Å². The zero-order chi connectivity index (χ0) is 13.7. The summed E-state index contributed by atoms with van der Waals surface area (Å²) in [5, 5.41) is 18.6. The molecule has 0 aliphatic carbocycles. The van der Waals surface area contributed by atoms with Gasteiger partial charge in [0, 0.05) is 11.6 Å². The number of aromatic hydroxyl groups is 2. The number of Topliss-reactive ketones (excluding diaryl/α,β-unsaturated/α-hetero) is 1. The number of carbonyl (C=O) groups is 1. The van der Waals surface area contributed by atoms with Crippen molar-refractivity contribution in [1.82, 2.24) is 4.90 Å². The van der Waals surface area contributed by atoms with Crippen LogP contribution in [0.15, 0.2) is 18.2 Å². The molecule has 0 fully saturated rings. The molecular weight excluding hydrogens is 230 g/mol. The molecule has 0 spiro atoms. The van der Waals surface area contributed by atoms with Crippen molar-refractivity contribution in [3.05, 3.63) is 23.8 Å². The number of phenols is 2. The van der Waals surface area contributed by atoms with Crippen molar-refractivity contribution >= 4 is 5.78 Å². The predicted molar refractivity (Wildman–Crippen MR) is 71.1 cm³/mol. The Labute approximate surface area is 108 Å². The van der Waals surface area contributed by atoms with Crippen LogP contribution in [-0.2, 0) is 0 Å². The van der Waals surface area contributed by atoms with E-state index in [0.29, 0.717) is 18.2 Å². The molecule has 0 amide bonds. The second kappa shape index (κ2) is 6.40. The quantitative estimate of drug-likeness (QED) is 0.602. The van der Waals surface area contributed by atoms with E-state index >= 15 is 0 Å². The monoisotopic (exact) mass is 251 g/mol. The van der Waals surface area contributed by atoms with E-state index in [4.69, 9.17) is 0 Å². The van der Waals surface area contributed by atoms with E-state index in [1.807, 2.05) is 0 Å². The average molecular weight is 251 g/mol. The lowest BCUT2D eigenvalue weighted by Gasteiger charge is -2.25. The summed E-state index contributed by atoms with van der Waals surface area (Å²) in [4.78, 5) is 14.2. The Bertz CT molecular complexity index is 416. The molecule has 0 atom stereocenters. The van der Waals surface area contributed by atoms with Gasteiger partial charge in [0.2, 0.25) is 0 Å². The molecule has 0 unspecified atom stereocenters. The van der Waals surface area contributed by atoms with E-state index < -0.39 is 0 Å². The van der Waals surface area contributed by atoms with Gasteiger partial charge in [0.05, 0.1) is 6.54 Å². The zero-order valence-corrected chi connectivity index (χ0v) is 11.2. The third-order valence-corrected chi connectivity index (χ3v) is 2.89. The number of rotatable bonds is 6. The van der Waals surface area contributed by atoms with Gasteiger partial charge < -0.3 is 10.2 Å². The first-order chi connectivity index (χ1) is 8.45. The maximum Gasteiger partial charge on any atom is 0.176 e. The van der Waals surface area contributed by atoms with E-state index in [9.17, 15) is 15.0 Å². The standard InChI is InChI=1S/C14H21NO3/c1-4-7-15(10(2)3)9-14(18)11-5-6-12(16)13(17)8-11/h5-6,8,10,16-17H,4,7,9H2,1-3H3. The third kappa shape index (κ3) is 3.74. The number of nitrogens with zero attached hydrogens (tertiary/aromatic N) is 1. The molecule has 18 heavy (non-hydrogen) atoms. The number of ketones is 1. The van der Waals surface area contributed by atoms with Crippen LogP contribution in [0.3, 0.4) is 0 Å². The molecule has 4 heteroatoms. The zero-order valence-electron chi connectivity index (χ0n) is 11.2. The van der Waals surface area contributed by atoms with Gasteiger partial charge in [-0.1, -0.05) is 6.92 Å². The van der Waals surface area contributed by atoms with E-state index in [-0.39, 0.29) is 17.3 Å². The fourth-order valence-electron chi connectivity index (χ4n) is 1.78. The van der Waals surface area contributed by atoms with Crippen molar-refractivity contribution < 1.29 is 15.0 Å². The van der Waals surface area contributed by atoms with Crippen molar-refractivity contribution in [2.24, 2.45) is 0 Å². The van der Waals surface area contributed by atoms with Crippen molar-refractivity contribution in [3.63, 3.8) is 0 Å². The lowest BCUT2D eigenvalue weighted by Crippen LogP contribution is -2.36. The number of hydrogen-bond acceptors (Lipinski definition) is 4. The molecule has 0 bridgehead atoms. The fraction of sp³-hybridized carbons (Fsp3) is 0.500. The van der Waals surface area contributed by atoms with Gasteiger partial charge >= 0.3 is 0 Å². The Morgan fingerprint density at radius 1 is 1.28 bits per heavy atom. The molecule has 0 saturated carbocycles. The second-order valence-corrected chi connectivity index (χ2v) is 4.69. The maximum atomic E-state index is 12.1. The molecule has 0 radical (unpaired) electrons. The molecule has 0 heterocycles. The summed E-state index contributed by atoms with van der Waals surface area (Å²) in [5.41, 5.74) is 0.423. The molecule has 100 valence electrons. The minimum Gasteiger partial charge on any atom is -0.504 e. The molecule has 0 aliphatic heterocycles. The summed E-state index contributed by atoms with van der Waals surface area (Å²) >= 11 is 0. The normalized spacial score (nSPS) is 11.2. The van der Waals surface area contributed by atoms with Crippen LogP contribution in [0.25, 0.3) is 0 Å². The van der Waals surface area contributed by atoms with Gasteiger partial charge in [-0.05, 0) is 45.0 Å². The molecule has 0 aromatic heterocycles. The second-order valence-electron chi connectivity index (χ2n) is 4.69. The van der Waals surface area contributed by atoms with Gasteiger partial charge in [-0.3, -0.25) is 9.69 Å². The summed E-state index contributed by atoms with van der Waals surface area (Å²) < 4.78 is 0. The maximum absolute atomic E-state index is 12.1. The highest BCUT2D eigenvalue weighted by Crippen LogP contribution is 2.25. The van der Waals surface area contributed by atoms with E-state index in [2.05, 4.69) is 25.7 Å². The van der Waals surface area contributed by atoms with Crippen molar-refractivity contribution in [3.8, 4) is 11.5 Å². The topological polar surface area (TPSA) is 60.8 Å². The fourth-order valence-corrected chi connectivity index (χ4v) is 1.78. The van der Waals surface area contributed by atoms with Gasteiger partial charge in [-0.15, -0.1) is 0 Å². The number of carbonyl (C=O) groups excluding carboxylic acids is 1. The molecule has 2 N–H and O–H groups in total. The van der Waals surface area contributed by atoms with Crippen molar-refractivity contribution in [2.75, 3.05) is 13.1 Å². The largest absolute Gasteiger partial charge is 0.504 e. The van der Waals surface area contributed by atoms with Gasteiger partial charge in [-0.2, -0.15) is 0 Å². The van der Waals surface area contributed by atoms with Gasteiger partial charge in [0.15, 0.2) is 17.3 Å². The molecule has 1 rings (SSSR count). The number of phenolic OH excluding ortho intramolecular Hbond substituents is 2. The minimum atomic E-state index is -0.257. The first-order valence-corrected chi connectivity index (χ1v) is 6.25. The number of hydrogen-bond donors (Lipinski definition) is 2. The smallest absolute Gasteiger partial charge is 0.176 e. The Hall–Kier alpha value is -1.55.